The van der Waals surface area contributed by atoms with E-state index in [1.54, 1.807) is 4.52 Å². The van der Waals surface area contributed by atoms with Crippen molar-refractivity contribution in [2.45, 2.75) is 13.0 Å². The molecule has 0 aliphatic carbocycles. The lowest BCUT2D eigenvalue weighted by Crippen LogP contribution is -2.07. The van der Waals surface area contributed by atoms with Crippen LogP contribution in [0.25, 0.3) is 16.9 Å². The fourth-order valence-electron chi connectivity index (χ4n) is 3.47. The van der Waals surface area contributed by atoms with Gasteiger partial charge in [0.1, 0.15) is 18.2 Å². The molecule has 0 radical (unpaired) electrons. The Bertz CT molecular complexity index is 1280. The van der Waals surface area contributed by atoms with Gasteiger partial charge in [-0.1, -0.05) is 30.3 Å². The van der Waals surface area contributed by atoms with Gasteiger partial charge >= 0.3 is 0 Å². The largest absolute Gasteiger partial charge is 0.489 e. The lowest BCUT2D eigenvalue weighted by atomic mass is 10.1. The molecule has 5 rings (SSSR count). The number of aromatic nitrogens is 4. The van der Waals surface area contributed by atoms with Crippen LogP contribution in [0.4, 0.5) is 5.82 Å². The molecule has 158 valence electrons. The molecule has 5 aromatic rings. The van der Waals surface area contributed by atoms with E-state index >= 15 is 0 Å². The molecule has 0 aliphatic rings. The molecule has 0 unspecified atom stereocenters. The summed E-state index contributed by atoms with van der Waals surface area (Å²) in [6.07, 6.45) is 6.47. The van der Waals surface area contributed by atoms with E-state index in [0.717, 1.165) is 47.0 Å². The third-order valence-corrected chi connectivity index (χ3v) is 5.19. The molecule has 0 aliphatic heterocycles. The second kappa shape index (κ2) is 9.31. The first-order valence-electron chi connectivity index (χ1n) is 10.6. The average Bonchev–Trinajstić information content (AvgIpc) is 3.28. The highest BCUT2D eigenvalue weighted by atomic mass is 16.5. The summed E-state index contributed by atoms with van der Waals surface area (Å²) < 4.78 is 7.67. The third-order valence-electron chi connectivity index (χ3n) is 5.19. The van der Waals surface area contributed by atoms with Crippen molar-refractivity contribution >= 4 is 11.5 Å². The van der Waals surface area contributed by atoms with Crippen LogP contribution in [0.2, 0.25) is 0 Å². The topological polar surface area (TPSA) is 64.3 Å². The maximum Gasteiger partial charge on any atom is 0.157 e. The zero-order valence-corrected chi connectivity index (χ0v) is 17.6. The van der Waals surface area contributed by atoms with Gasteiger partial charge in [0.05, 0.1) is 5.69 Å². The average molecular weight is 422 g/mol. The van der Waals surface area contributed by atoms with Gasteiger partial charge < -0.3 is 10.1 Å². The standard InChI is InChI=1S/C26H23N5O/c1-2-4-21(5-3-1)19-32-23-8-6-22(7-9-23)24-18-26-29-25(13-17-31(26)30-24)28-16-12-20-10-14-27-15-11-20/h1-11,13-15,17-18H,12,16,19H2,(H,28,29). The Morgan fingerprint density at radius 3 is 2.47 bits per heavy atom. The van der Waals surface area contributed by atoms with Crippen LogP contribution >= 0.6 is 0 Å². The van der Waals surface area contributed by atoms with Gasteiger partial charge in [-0.05, 0) is 60.0 Å². The maximum absolute atomic E-state index is 5.88. The fourth-order valence-corrected chi connectivity index (χ4v) is 3.47. The van der Waals surface area contributed by atoms with Gasteiger partial charge in [0.15, 0.2) is 5.65 Å². The SMILES string of the molecule is c1ccc(COc2ccc(-c3cc4nc(NCCc5ccncc5)ccn4n3)cc2)cc1. The number of nitrogens with zero attached hydrogens (tertiary/aromatic N) is 4. The monoisotopic (exact) mass is 421 g/mol. The molecule has 2 aromatic carbocycles. The van der Waals surface area contributed by atoms with Crippen LogP contribution in [0.15, 0.2) is 97.5 Å². The Morgan fingerprint density at radius 1 is 0.844 bits per heavy atom. The van der Waals surface area contributed by atoms with E-state index in [2.05, 4.69) is 32.5 Å². The van der Waals surface area contributed by atoms with Crippen LogP contribution in [0.1, 0.15) is 11.1 Å². The van der Waals surface area contributed by atoms with E-state index in [-0.39, 0.29) is 0 Å². The summed E-state index contributed by atoms with van der Waals surface area (Å²) >= 11 is 0. The highest BCUT2D eigenvalue weighted by molar-refractivity contribution is 5.65. The Labute approximate surface area is 186 Å². The molecule has 0 fully saturated rings. The third kappa shape index (κ3) is 4.75. The van der Waals surface area contributed by atoms with Crippen LogP contribution in [-0.4, -0.2) is 26.1 Å². The normalized spacial score (nSPS) is 10.9. The minimum absolute atomic E-state index is 0.551. The summed E-state index contributed by atoms with van der Waals surface area (Å²) in [5.41, 5.74) is 5.10. The number of pyridine rings is 1. The molecule has 0 saturated carbocycles. The van der Waals surface area contributed by atoms with Crippen molar-refractivity contribution in [2.24, 2.45) is 0 Å². The molecule has 3 aromatic heterocycles. The summed E-state index contributed by atoms with van der Waals surface area (Å²) in [4.78, 5) is 8.74. The minimum Gasteiger partial charge on any atom is -0.489 e. The summed E-state index contributed by atoms with van der Waals surface area (Å²) in [5, 5.41) is 8.03. The van der Waals surface area contributed by atoms with E-state index in [9.17, 15) is 0 Å². The van der Waals surface area contributed by atoms with Gasteiger partial charge in [-0.2, -0.15) is 5.10 Å². The van der Waals surface area contributed by atoms with Gasteiger partial charge in [-0.25, -0.2) is 9.50 Å². The number of hydrogen-bond acceptors (Lipinski definition) is 5. The number of hydrogen-bond donors (Lipinski definition) is 1. The first-order valence-corrected chi connectivity index (χ1v) is 10.6. The van der Waals surface area contributed by atoms with Crippen LogP contribution in [0, 0.1) is 0 Å². The molecule has 6 heteroatoms. The van der Waals surface area contributed by atoms with E-state index in [1.807, 2.05) is 85.3 Å². The van der Waals surface area contributed by atoms with Crippen molar-refractivity contribution < 1.29 is 4.74 Å². The summed E-state index contributed by atoms with van der Waals surface area (Å²) in [6, 6.07) is 26.1. The Kier molecular flexibility index (Phi) is 5.74. The number of ether oxygens (including phenoxy) is 1. The predicted octanol–water partition coefficient (Wildman–Crippen LogP) is 5.02. The van der Waals surface area contributed by atoms with Crippen molar-refractivity contribution in [1.29, 1.82) is 0 Å². The van der Waals surface area contributed by atoms with Gasteiger partial charge in [0, 0.05) is 36.8 Å². The van der Waals surface area contributed by atoms with Crippen LogP contribution in [0.5, 0.6) is 5.75 Å². The zero-order valence-electron chi connectivity index (χ0n) is 17.6. The van der Waals surface area contributed by atoms with E-state index in [4.69, 9.17) is 4.74 Å². The number of benzene rings is 2. The van der Waals surface area contributed by atoms with Crippen LogP contribution < -0.4 is 10.1 Å². The Balaban J connectivity index is 1.23. The maximum atomic E-state index is 5.88. The molecular weight excluding hydrogens is 398 g/mol. The summed E-state index contributed by atoms with van der Waals surface area (Å²) in [6.45, 7) is 1.36. The molecule has 0 amide bonds. The summed E-state index contributed by atoms with van der Waals surface area (Å²) in [5.74, 6) is 1.67. The number of anilines is 1. The van der Waals surface area contributed by atoms with E-state index in [0.29, 0.717) is 6.61 Å². The molecule has 6 nitrogen and oxygen atoms in total. The molecular formula is C26H23N5O. The Hall–Kier alpha value is -4.19. The molecule has 1 N–H and O–H groups in total. The lowest BCUT2D eigenvalue weighted by Gasteiger charge is -2.06. The molecule has 0 bridgehead atoms. The second-order valence-corrected chi connectivity index (χ2v) is 7.48. The van der Waals surface area contributed by atoms with E-state index < -0.39 is 0 Å². The predicted molar refractivity (Wildman–Crippen MR) is 126 cm³/mol. The fraction of sp³-hybridized carbons (Fsp3) is 0.115. The van der Waals surface area contributed by atoms with Crippen LogP contribution in [-0.2, 0) is 13.0 Å². The minimum atomic E-state index is 0.551. The van der Waals surface area contributed by atoms with E-state index in [1.165, 1.54) is 5.56 Å². The highest BCUT2D eigenvalue weighted by Gasteiger charge is 2.07. The quantitative estimate of drug-likeness (QED) is 0.381. The van der Waals surface area contributed by atoms with Crippen molar-refractivity contribution in [3.8, 4) is 17.0 Å². The van der Waals surface area contributed by atoms with Gasteiger partial charge in [0.2, 0.25) is 0 Å². The van der Waals surface area contributed by atoms with Gasteiger partial charge in [-0.15, -0.1) is 0 Å². The zero-order chi connectivity index (χ0) is 21.6. The van der Waals surface area contributed by atoms with Crippen molar-refractivity contribution in [1.82, 2.24) is 19.6 Å². The van der Waals surface area contributed by atoms with Crippen molar-refractivity contribution in [2.75, 3.05) is 11.9 Å². The van der Waals surface area contributed by atoms with Crippen LogP contribution in [0.3, 0.4) is 0 Å². The summed E-state index contributed by atoms with van der Waals surface area (Å²) in [7, 11) is 0. The lowest BCUT2D eigenvalue weighted by molar-refractivity contribution is 0.306. The first-order chi connectivity index (χ1) is 15.8. The van der Waals surface area contributed by atoms with Gasteiger partial charge in [-0.3, -0.25) is 4.98 Å². The number of nitrogens with one attached hydrogen (secondary N) is 1. The first kappa shape index (κ1) is 19.8. The van der Waals surface area contributed by atoms with Gasteiger partial charge in [0.25, 0.3) is 0 Å². The van der Waals surface area contributed by atoms with Crippen molar-refractivity contribution in [3.05, 3.63) is 109 Å². The highest BCUT2D eigenvalue weighted by Crippen LogP contribution is 2.23. The molecule has 0 spiro atoms. The van der Waals surface area contributed by atoms with Crippen molar-refractivity contribution in [3.63, 3.8) is 0 Å². The smallest absolute Gasteiger partial charge is 0.157 e. The second-order valence-electron chi connectivity index (χ2n) is 7.48. The molecule has 32 heavy (non-hydrogen) atoms. The molecule has 0 atom stereocenters. The number of rotatable bonds is 8. The Morgan fingerprint density at radius 2 is 1.66 bits per heavy atom. The molecule has 0 saturated heterocycles. The molecule has 3 heterocycles. The number of fused-ring (bicyclic) bond motifs is 1.